The van der Waals surface area contributed by atoms with E-state index in [0.29, 0.717) is 16.2 Å². The zero-order chi connectivity index (χ0) is 15.0. The number of halogens is 3. The molecule has 0 unspecified atom stereocenters. The Morgan fingerprint density at radius 2 is 2.10 bits per heavy atom. The third-order valence-electron chi connectivity index (χ3n) is 2.75. The van der Waals surface area contributed by atoms with Crippen LogP contribution in [0.25, 0.3) is 5.65 Å². The lowest BCUT2D eigenvalue weighted by atomic mass is 10.2. The molecule has 3 rings (SSSR count). The molecule has 2 aromatic heterocycles. The van der Waals surface area contributed by atoms with E-state index >= 15 is 0 Å². The second-order valence-electron chi connectivity index (χ2n) is 4.18. The van der Waals surface area contributed by atoms with Gasteiger partial charge in [-0.25, -0.2) is 18.3 Å². The van der Waals surface area contributed by atoms with Crippen molar-refractivity contribution in [2.75, 3.05) is 5.32 Å². The third-order valence-corrected chi connectivity index (χ3v) is 3.16. The molecule has 0 atom stereocenters. The lowest BCUT2D eigenvalue weighted by molar-refractivity contribution is 0.102. The van der Waals surface area contributed by atoms with Gasteiger partial charge in [0, 0.05) is 18.5 Å². The minimum Gasteiger partial charge on any atom is -0.319 e. The first-order valence-electron chi connectivity index (χ1n) is 5.80. The van der Waals surface area contributed by atoms with Gasteiger partial charge in [-0.15, -0.1) is 0 Å². The van der Waals surface area contributed by atoms with Crippen LogP contribution >= 0.6 is 15.9 Å². The summed E-state index contributed by atoms with van der Waals surface area (Å²) in [6, 6.07) is 2.91. The fraction of sp³-hybridized carbons (Fsp3) is 0. The molecule has 0 fully saturated rings. The first-order chi connectivity index (χ1) is 10.0. The average Bonchev–Trinajstić information content (AvgIpc) is 2.84. The van der Waals surface area contributed by atoms with Gasteiger partial charge < -0.3 is 5.32 Å². The molecule has 0 bridgehead atoms. The molecular formula is C13H7BrF2N4O. The quantitative estimate of drug-likeness (QED) is 0.771. The molecule has 0 aliphatic heterocycles. The highest BCUT2D eigenvalue weighted by molar-refractivity contribution is 9.10. The molecule has 106 valence electrons. The van der Waals surface area contributed by atoms with E-state index in [1.54, 1.807) is 6.20 Å². The van der Waals surface area contributed by atoms with Crippen molar-refractivity contribution in [1.82, 2.24) is 14.6 Å². The number of rotatable bonds is 2. The fourth-order valence-corrected chi connectivity index (χ4v) is 2.09. The van der Waals surface area contributed by atoms with Gasteiger partial charge in [0.2, 0.25) is 0 Å². The van der Waals surface area contributed by atoms with Gasteiger partial charge in [0.25, 0.3) is 5.91 Å². The topological polar surface area (TPSA) is 59.3 Å². The van der Waals surface area contributed by atoms with E-state index in [2.05, 4.69) is 31.3 Å². The molecule has 0 spiro atoms. The predicted molar refractivity (Wildman–Crippen MR) is 75.0 cm³/mol. The van der Waals surface area contributed by atoms with Gasteiger partial charge in [0.05, 0.1) is 16.4 Å². The number of carbonyl (C=O) groups is 1. The summed E-state index contributed by atoms with van der Waals surface area (Å²) in [7, 11) is 0. The number of fused-ring (bicyclic) bond motifs is 1. The van der Waals surface area contributed by atoms with Gasteiger partial charge in [-0.3, -0.25) is 4.79 Å². The summed E-state index contributed by atoms with van der Waals surface area (Å²) in [5, 5.41) is 6.35. The van der Waals surface area contributed by atoms with Crippen molar-refractivity contribution < 1.29 is 13.6 Å². The van der Waals surface area contributed by atoms with E-state index in [0.717, 1.165) is 12.1 Å². The Morgan fingerprint density at radius 3 is 2.86 bits per heavy atom. The summed E-state index contributed by atoms with van der Waals surface area (Å²) in [5.74, 6) is -2.14. The van der Waals surface area contributed by atoms with E-state index in [9.17, 15) is 13.6 Å². The number of hydrogen-bond donors (Lipinski definition) is 1. The predicted octanol–water partition coefficient (Wildman–Crippen LogP) is 3.02. The van der Waals surface area contributed by atoms with Crippen LogP contribution in [0.2, 0.25) is 0 Å². The van der Waals surface area contributed by atoms with Crippen LogP contribution in [0.4, 0.5) is 14.5 Å². The maximum Gasteiger partial charge on any atom is 0.261 e. The Morgan fingerprint density at radius 1 is 1.29 bits per heavy atom. The molecule has 1 amide bonds. The van der Waals surface area contributed by atoms with Gasteiger partial charge in [-0.2, -0.15) is 5.10 Å². The zero-order valence-electron chi connectivity index (χ0n) is 10.3. The average molecular weight is 353 g/mol. The first kappa shape index (κ1) is 13.6. The summed E-state index contributed by atoms with van der Waals surface area (Å²) in [6.45, 7) is 0. The summed E-state index contributed by atoms with van der Waals surface area (Å²) < 4.78 is 28.5. The Bertz CT molecular complexity index is 849. The molecule has 3 aromatic rings. The number of aromatic nitrogens is 3. The normalized spacial score (nSPS) is 10.8. The van der Waals surface area contributed by atoms with Crippen molar-refractivity contribution in [2.45, 2.75) is 0 Å². The highest BCUT2D eigenvalue weighted by Crippen LogP contribution is 2.18. The van der Waals surface area contributed by atoms with Crippen LogP contribution < -0.4 is 5.32 Å². The van der Waals surface area contributed by atoms with Gasteiger partial charge in [-0.05, 0) is 28.1 Å². The molecule has 2 heterocycles. The Kier molecular flexibility index (Phi) is 3.38. The molecule has 0 aliphatic rings. The fourth-order valence-electron chi connectivity index (χ4n) is 1.79. The molecule has 5 nitrogen and oxygen atoms in total. The number of nitrogens with zero attached hydrogens (tertiary/aromatic N) is 3. The third kappa shape index (κ3) is 2.62. The summed E-state index contributed by atoms with van der Waals surface area (Å²) in [5.41, 5.74) is 0.405. The molecule has 1 N–H and O–H groups in total. The van der Waals surface area contributed by atoms with Crippen molar-refractivity contribution in [3.8, 4) is 0 Å². The Labute approximate surface area is 125 Å². The van der Waals surface area contributed by atoms with E-state index in [1.165, 1.54) is 16.9 Å². The van der Waals surface area contributed by atoms with Crippen LogP contribution in [-0.2, 0) is 0 Å². The summed E-state index contributed by atoms with van der Waals surface area (Å²) in [4.78, 5) is 16.2. The van der Waals surface area contributed by atoms with Crippen molar-refractivity contribution in [2.24, 2.45) is 0 Å². The highest BCUT2D eigenvalue weighted by Gasteiger charge is 2.16. The minimum atomic E-state index is -0.851. The number of amides is 1. The van der Waals surface area contributed by atoms with Crippen LogP contribution in [0.3, 0.4) is 0 Å². The summed E-state index contributed by atoms with van der Waals surface area (Å²) in [6.07, 6.45) is 4.48. The van der Waals surface area contributed by atoms with Crippen LogP contribution in [0.15, 0.2) is 41.3 Å². The number of anilines is 1. The van der Waals surface area contributed by atoms with Crippen LogP contribution in [0.5, 0.6) is 0 Å². The van der Waals surface area contributed by atoms with Gasteiger partial charge >= 0.3 is 0 Å². The van der Waals surface area contributed by atoms with E-state index in [-0.39, 0.29) is 11.3 Å². The monoisotopic (exact) mass is 352 g/mol. The van der Waals surface area contributed by atoms with E-state index in [4.69, 9.17) is 0 Å². The minimum absolute atomic E-state index is 0.113. The lowest BCUT2D eigenvalue weighted by Crippen LogP contribution is -2.13. The Balaban J connectivity index is 1.94. The van der Waals surface area contributed by atoms with Gasteiger partial charge in [0.1, 0.15) is 17.2 Å². The SMILES string of the molecule is O=C(Nc1ccc(F)cc1F)c1cnn2cc(Br)cnc12. The number of hydrogen-bond acceptors (Lipinski definition) is 3. The summed E-state index contributed by atoms with van der Waals surface area (Å²) >= 11 is 3.24. The number of benzene rings is 1. The molecule has 0 saturated heterocycles. The lowest BCUT2D eigenvalue weighted by Gasteiger charge is -2.05. The standard InChI is InChI=1S/C13H7BrF2N4O/c14-7-4-17-12-9(5-18-20(12)6-7)13(21)19-11-2-1-8(15)3-10(11)16/h1-6H,(H,19,21). The smallest absolute Gasteiger partial charge is 0.261 e. The maximum atomic E-state index is 13.5. The molecular weight excluding hydrogens is 346 g/mol. The van der Waals surface area contributed by atoms with Gasteiger partial charge in [0.15, 0.2) is 5.65 Å². The molecule has 0 saturated carbocycles. The number of carbonyl (C=O) groups excluding carboxylic acids is 1. The van der Waals surface area contributed by atoms with Crippen LogP contribution in [0.1, 0.15) is 10.4 Å². The van der Waals surface area contributed by atoms with Crippen LogP contribution in [0, 0.1) is 11.6 Å². The second kappa shape index (κ2) is 5.21. The van der Waals surface area contributed by atoms with E-state index < -0.39 is 17.5 Å². The van der Waals surface area contributed by atoms with E-state index in [1.807, 2.05) is 0 Å². The zero-order valence-corrected chi connectivity index (χ0v) is 11.9. The molecule has 1 aromatic carbocycles. The molecule has 8 heteroatoms. The van der Waals surface area contributed by atoms with Crippen molar-refractivity contribution >= 4 is 33.2 Å². The highest BCUT2D eigenvalue weighted by atomic mass is 79.9. The maximum absolute atomic E-state index is 13.5. The largest absolute Gasteiger partial charge is 0.319 e. The molecule has 21 heavy (non-hydrogen) atoms. The van der Waals surface area contributed by atoms with Crippen LogP contribution in [-0.4, -0.2) is 20.5 Å². The number of nitrogens with one attached hydrogen (secondary N) is 1. The first-order valence-corrected chi connectivity index (χ1v) is 6.59. The Hall–Kier alpha value is -2.35. The van der Waals surface area contributed by atoms with Crippen molar-refractivity contribution in [3.05, 3.63) is 58.5 Å². The van der Waals surface area contributed by atoms with Crippen molar-refractivity contribution in [3.63, 3.8) is 0 Å². The molecule has 0 aliphatic carbocycles. The molecule has 0 radical (unpaired) electrons. The van der Waals surface area contributed by atoms with Gasteiger partial charge in [-0.1, -0.05) is 0 Å². The van der Waals surface area contributed by atoms with Crippen molar-refractivity contribution in [1.29, 1.82) is 0 Å². The second-order valence-corrected chi connectivity index (χ2v) is 5.09.